The first-order valence-electron chi connectivity index (χ1n) is 8.69. The molecule has 4 rings (SSSR count). The van der Waals surface area contributed by atoms with Crippen LogP contribution in [-0.2, 0) is 0 Å². The van der Waals surface area contributed by atoms with Gasteiger partial charge in [0.05, 0.1) is 6.61 Å². The molecular weight excluding hydrogens is 340 g/mol. The van der Waals surface area contributed by atoms with Crippen molar-refractivity contribution in [2.45, 2.75) is 6.92 Å². The van der Waals surface area contributed by atoms with Crippen LogP contribution in [0.15, 0.2) is 72.9 Å². The first-order chi connectivity index (χ1) is 13.2. The fraction of sp³-hybridized carbons (Fsp3) is 0.0952. The van der Waals surface area contributed by atoms with Gasteiger partial charge in [-0.05, 0) is 49.4 Å². The molecular formula is C21H18N4O2. The van der Waals surface area contributed by atoms with Crippen molar-refractivity contribution < 1.29 is 9.53 Å². The Morgan fingerprint density at radius 3 is 2.81 bits per heavy atom. The summed E-state index contributed by atoms with van der Waals surface area (Å²) in [5.74, 6) is 1.20. The van der Waals surface area contributed by atoms with Gasteiger partial charge in [-0.15, -0.1) is 10.2 Å². The molecule has 0 fully saturated rings. The minimum absolute atomic E-state index is 0.195. The quantitative estimate of drug-likeness (QED) is 0.584. The van der Waals surface area contributed by atoms with E-state index in [1.807, 2.05) is 66.1 Å². The van der Waals surface area contributed by atoms with Crippen molar-refractivity contribution in [1.29, 1.82) is 0 Å². The maximum Gasteiger partial charge on any atom is 0.255 e. The lowest BCUT2D eigenvalue weighted by atomic mass is 10.1. The number of anilines is 1. The molecule has 1 N–H and O–H groups in total. The topological polar surface area (TPSA) is 68.5 Å². The molecule has 0 spiro atoms. The van der Waals surface area contributed by atoms with Gasteiger partial charge in [-0.1, -0.05) is 24.3 Å². The van der Waals surface area contributed by atoms with Gasteiger partial charge in [-0.2, -0.15) is 0 Å². The summed E-state index contributed by atoms with van der Waals surface area (Å²) in [6.45, 7) is 2.46. The number of nitrogens with one attached hydrogen (secondary N) is 1. The summed E-state index contributed by atoms with van der Waals surface area (Å²) in [5.41, 5.74) is 2.87. The SMILES string of the molecule is CCOc1cccc(C(=O)Nc2cccc(-c3nnc4ccccn34)c2)c1. The monoisotopic (exact) mass is 358 g/mol. The van der Waals surface area contributed by atoms with E-state index < -0.39 is 0 Å². The van der Waals surface area contributed by atoms with Gasteiger partial charge in [-0.3, -0.25) is 9.20 Å². The summed E-state index contributed by atoms with van der Waals surface area (Å²) in [5, 5.41) is 11.4. The van der Waals surface area contributed by atoms with Crippen molar-refractivity contribution in [3.8, 4) is 17.1 Å². The zero-order chi connectivity index (χ0) is 18.6. The fourth-order valence-electron chi connectivity index (χ4n) is 2.87. The van der Waals surface area contributed by atoms with Gasteiger partial charge in [0.25, 0.3) is 5.91 Å². The van der Waals surface area contributed by atoms with Crippen LogP contribution >= 0.6 is 0 Å². The van der Waals surface area contributed by atoms with Gasteiger partial charge in [0.2, 0.25) is 0 Å². The van der Waals surface area contributed by atoms with Crippen LogP contribution in [0.25, 0.3) is 17.0 Å². The van der Waals surface area contributed by atoms with E-state index in [1.165, 1.54) is 0 Å². The van der Waals surface area contributed by atoms with Crippen LogP contribution in [0.5, 0.6) is 5.75 Å². The summed E-state index contributed by atoms with van der Waals surface area (Å²) in [4.78, 5) is 12.6. The number of hydrogen-bond donors (Lipinski definition) is 1. The molecule has 0 unspecified atom stereocenters. The lowest BCUT2D eigenvalue weighted by Crippen LogP contribution is -2.12. The van der Waals surface area contributed by atoms with Crippen molar-refractivity contribution in [3.05, 3.63) is 78.5 Å². The molecule has 27 heavy (non-hydrogen) atoms. The predicted molar refractivity (Wildman–Crippen MR) is 104 cm³/mol. The van der Waals surface area contributed by atoms with E-state index in [1.54, 1.807) is 18.2 Å². The maximum atomic E-state index is 12.6. The van der Waals surface area contributed by atoms with E-state index in [-0.39, 0.29) is 5.91 Å². The van der Waals surface area contributed by atoms with E-state index in [9.17, 15) is 4.79 Å². The van der Waals surface area contributed by atoms with Gasteiger partial charge in [0.15, 0.2) is 11.5 Å². The molecule has 6 nitrogen and oxygen atoms in total. The van der Waals surface area contributed by atoms with Gasteiger partial charge in [0.1, 0.15) is 5.75 Å². The molecule has 0 bridgehead atoms. The number of carbonyl (C=O) groups is 1. The number of benzene rings is 2. The molecule has 4 aromatic rings. The zero-order valence-electron chi connectivity index (χ0n) is 14.8. The van der Waals surface area contributed by atoms with Crippen LogP contribution in [-0.4, -0.2) is 27.1 Å². The number of amides is 1. The Morgan fingerprint density at radius 2 is 1.93 bits per heavy atom. The molecule has 0 aliphatic heterocycles. The molecule has 0 saturated carbocycles. The molecule has 0 radical (unpaired) electrons. The van der Waals surface area contributed by atoms with Crippen LogP contribution in [0.4, 0.5) is 5.69 Å². The summed E-state index contributed by atoms with van der Waals surface area (Å²) < 4.78 is 7.37. The van der Waals surface area contributed by atoms with Crippen LogP contribution < -0.4 is 10.1 Å². The highest BCUT2D eigenvalue weighted by Crippen LogP contribution is 2.22. The lowest BCUT2D eigenvalue weighted by molar-refractivity contribution is 0.102. The third kappa shape index (κ3) is 3.50. The van der Waals surface area contributed by atoms with Crippen LogP contribution in [0.1, 0.15) is 17.3 Å². The number of hydrogen-bond acceptors (Lipinski definition) is 4. The Hall–Kier alpha value is -3.67. The minimum Gasteiger partial charge on any atom is -0.494 e. The Kier molecular flexibility index (Phi) is 4.53. The summed E-state index contributed by atoms with van der Waals surface area (Å²) in [6.07, 6.45) is 1.91. The molecule has 2 heterocycles. The predicted octanol–water partition coefficient (Wildman–Crippen LogP) is 4.05. The second-order valence-electron chi connectivity index (χ2n) is 5.95. The number of ether oxygens (including phenoxy) is 1. The first-order valence-corrected chi connectivity index (χ1v) is 8.69. The van der Waals surface area contributed by atoms with Gasteiger partial charge >= 0.3 is 0 Å². The second kappa shape index (κ2) is 7.29. The molecule has 1 amide bonds. The normalized spacial score (nSPS) is 10.7. The average Bonchev–Trinajstić information content (AvgIpc) is 3.13. The molecule has 134 valence electrons. The fourth-order valence-corrected chi connectivity index (χ4v) is 2.87. The summed E-state index contributed by atoms with van der Waals surface area (Å²) in [7, 11) is 0. The second-order valence-corrected chi connectivity index (χ2v) is 5.95. The first kappa shape index (κ1) is 16.8. The van der Waals surface area contributed by atoms with Crippen molar-refractivity contribution in [1.82, 2.24) is 14.6 Å². The highest BCUT2D eigenvalue weighted by atomic mass is 16.5. The van der Waals surface area contributed by atoms with Gasteiger partial charge in [-0.25, -0.2) is 0 Å². The number of rotatable bonds is 5. The third-order valence-corrected chi connectivity index (χ3v) is 4.10. The van der Waals surface area contributed by atoms with E-state index >= 15 is 0 Å². The summed E-state index contributed by atoms with van der Waals surface area (Å²) in [6, 6.07) is 20.4. The minimum atomic E-state index is -0.195. The van der Waals surface area contributed by atoms with E-state index in [2.05, 4.69) is 15.5 Å². The molecule has 0 aliphatic carbocycles. The molecule has 6 heteroatoms. The van der Waals surface area contributed by atoms with Gasteiger partial charge < -0.3 is 10.1 Å². The zero-order valence-corrected chi connectivity index (χ0v) is 14.8. The molecule has 0 saturated heterocycles. The van der Waals surface area contributed by atoms with E-state index in [0.29, 0.717) is 23.6 Å². The summed E-state index contributed by atoms with van der Waals surface area (Å²) >= 11 is 0. The Labute approximate surface area is 156 Å². The molecule has 2 aromatic heterocycles. The Balaban J connectivity index is 1.59. The number of carbonyl (C=O) groups excluding carboxylic acids is 1. The highest BCUT2D eigenvalue weighted by molar-refractivity contribution is 6.04. The standard InChI is InChI=1S/C21H18N4O2/c1-2-27-18-10-6-8-16(14-18)21(26)22-17-9-5-7-15(13-17)20-24-23-19-11-3-4-12-25(19)20/h3-14H,2H2,1H3,(H,22,26). The van der Waals surface area contributed by atoms with Crippen LogP contribution in [0.3, 0.4) is 0 Å². The maximum absolute atomic E-state index is 12.6. The third-order valence-electron chi connectivity index (χ3n) is 4.10. The average molecular weight is 358 g/mol. The largest absolute Gasteiger partial charge is 0.494 e. The number of aromatic nitrogens is 3. The molecule has 2 aromatic carbocycles. The molecule has 0 atom stereocenters. The molecule has 0 aliphatic rings. The van der Waals surface area contributed by atoms with E-state index in [0.717, 1.165) is 17.0 Å². The van der Waals surface area contributed by atoms with Gasteiger partial charge in [0, 0.05) is 23.0 Å². The smallest absolute Gasteiger partial charge is 0.255 e. The Bertz CT molecular complexity index is 1100. The van der Waals surface area contributed by atoms with Crippen molar-refractivity contribution in [3.63, 3.8) is 0 Å². The highest BCUT2D eigenvalue weighted by Gasteiger charge is 2.11. The number of pyridine rings is 1. The lowest BCUT2D eigenvalue weighted by Gasteiger charge is -2.09. The Morgan fingerprint density at radius 1 is 1.04 bits per heavy atom. The van der Waals surface area contributed by atoms with Crippen LogP contribution in [0.2, 0.25) is 0 Å². The van der Waals surface area contributed by atoms with Crippen molar-refractivity contribution >= 4 is 17.2 Å². The number of fused-ring (bicyclic) bond motifs is 1. The van der Waals surface area contributed by atoms with Crippen molar-refractivity contribution in [2.75, 3.05) is 11.9 Å². The van der Waals surface area contributed by atoms with Crippen molar-refractivity contribution in [2.24, 2.45) is 0 Å². The van der Waals surface area contributed by atoms with E-state index in [4.69, 9.17) is 4.74 Å². The van der Waals surface area contributed by atoms with Crippen LogP contribution in [0, 0.1) is 0 Å². The number of nitrogens with zero attached hydrogens (tertiary/aromatic N) is 3.